The SMILES string of the molecule is Cc1nc(COc2cccc(C(=O)N3CCN(S(=O)(=O)N(C)C)CC3)c2)cs1. The van der Waals surface area contributed by atoms with Gasteiger partial charge in [0.15, 0.2) is 0 Å². The average molecular weight is 425 g/mol. The minimum Gasteiger partial charge on any atom is -0.487 e. The van der Waals surface area contributed by atoms with E-state index in [-0.39, 0.29) is 19.0 Å². The molecular formula is C18H24N4O4S2. The predicted molar refractivity (Wildman–Crippen MR) is 108 cm³/mol. The van der Waals surface area contributed by atoms with E-state index in [1.54, 1.807) is 40.5 Å². The molecule has 8 nitrogen and oxygen atoms in total. The molecule has 1 aromatic heterocycles. The molecule has 0 unspecified atom stereocenters. The Kier molecular flexibility index (Phi) is 6.33. The van der Waals surface area contributed by atoms with Gasteiger partial charge in [0.05, 0.1) is 10.7 Å². The molecule has 0 bridgehead atoms. The quantitative estimate of drug-likeness (QED) is 0.703. The molecule has 0 aliphatic carbocycles. The number of carbonyl (C=O) groups excluding carboxylic acids is 1. The molecule has 152 valence electrons. The van der Waals surface area contributed by atoms with E-state index in [1.807, 2.05) is 12.3 Å². The van der Waals surface area contributed by atoms with Crippen molar-refractivity contribution in [1.82, 2.24) is 18.5 Å². The fraction of sp³-hybridized carbons (Fsp3) is 0.444. The Morgan fingerprint density at radius 1 is 1.25 bits per heavy atom. The van der Waals surface area contributed by atoms with E-state index in [4.69, 9.17) is 4.74 Å². The van der Waals surface area contributed by atoms with Crippen LogP contribution in [0.2, 0.25) is 0 Å². The van der Waals surface area contributed by atoms with Gasteiger partial charge in [0.25, 0.3) is 16.1 Å². The average Bonchev–Trinajstić information content (AvgIpc) is 3.11. The zero-order valence-electron chi connectivity index (χ0n) is 16.2. The fourth-order valence-corrected chi connectivity index (χ4v) is 4.57. The summed E-state index contributed by atoms with van der Waals surface area (Å²) < 4.78 is 32.7. The molecule has 10 heteroatoms. The summed E-state index contributed by atoms with van der Waals surface area (Å²) in [7, 11) is -0.438. The number of nitrogens with zero attached hydrogens (tertiary/aromatic N) is 4. The largest absolute Gasteiger partial charge is 0.487 e. The molecule has 0 N–H and O–H groups in total. The van der Waals surface area contributed by atoms with E-state index in [0.717, 1.165) is 10.7 Å². The number of thiazole rings is 1. The maximum atomic E-state index is 12.8. The molecular weight excluding hydrogens is 400 g/mol. The van der Waals surface area contributed by atoms with Crippen LogP contribution < -0.4 is 4.74 Å². The highest BCUT2D eigenvalue weighted by molar-refractivity contribution is 7.86. The molecule has 28 heavy (non-hydrogen) atoms. The second-order valence-electron chi connectivity index (χ2n) is 6.66. The number of aryl methyl sites for hydroxylation is 1. The Balaban J connectivity index is 1.60. The highest BCUT2D eigenvalue weighted by Crippen LogP contribution is 2.19. The van der Waals surface area contributed by atoms with E-state index in [0.29, 0.717) is 31.0 Å². The lowest BCUT2D eigenvalue weighted by atomic mass is 10.1. The smallest absolute Gasteiger partial charge is 0.281 e. The van der Waals surface area contributed by atoms with Crippen molar-refractivity contribution in [2.24, 2.45) is 0 Å². The van der Waals surface area contributed by atoms with Gasteiger partial charge >= 0.3 is 0 Å². The van der Waals surface area contributed by atoms with Crippen LogP contribution in [-0.4, -0.2) is 73.1 Å². The lowest BCUT2D eigenvalue weighted by Gasteiger charge is -2.35. The molecule has 0 spiro atoms. The van der Waals surface area contributed by atoms with E-state index < -0.39 is 10.2 Å². The first kappa shape index (κ1) is 20.7. The monoisotopic (exact) mass is 424 g/mol. The number of hydrogen-bond donors (Lipinski definition) is 0. The lowest BCUT2D eigenvalue weighted by Crippen LogP contribution is -2.53. The van der Waals surface area contributed by atoms with Crippen LogP contribution in [0.1, 0.15) is 21.1 Å². The van der Waals surface area contributed by atoms with Gasteiger partial charge in [-0.15, -0.1) is 11.3 Å². The van der Waals surface area contributed by atoms with Crippen molar-refractivity contribution in [2.75, 3.05) is 40.3 Å². The second-order valence-corrected chi connectivity index (χ2v) is 9.86. The third-order valence-corrected chi connectivity index (χ3v) is 7.21. The molecule has 0 radical (unpaired) electrons. The van der Waals surface area contributed by atoms with Gasteiger partial charge in [-0.3, -0.25) is 4.79 Å². The molecule has 1 aliphatic heterocycles. The molecule has 1 amide bonds. The Labute approximate surface area is 169 Å². The molecule has 1 aromatic carbocycles. The Morgan fingerprint density at radius 2 is 1.96 bits per heavy atom. The zero-order chi connectivity index (χ0) is 20.3. The highest BCUT2D eigenvalue weighted by atomic mass is 32.2. The van der Waals surface area contributed by atoms with Gasteiger partial charge in [0.1, 0.15) is 12.4 Å². The van der Waals surface area contributed by atoms with Gasteiger partial charge in [-0.25, -0.2) is 4.98 Å². The van der Waals surface area contributed by atoms with Crippen LogP contribution in [0.25, 0.3) is 0 Å². The number of carbonyl (C=O) groups is 1. The van der Waals surface area contributed by atoms with Gasteiger partial charge in [-0.05, 0) is 25.1 Å². The number of ether oxygens (including phenoxy) is 1. The third-order valence-electron chi connectivity index (χ3n) is 4.45. The van der Waals surface area contributed by atoms with Gasteiger partial charge < -0.3 is 9.64 Å². The molecule has 2 aromatic rings. The summed E-state index contributed by atoms with van der Waals surface area (Å²) in [5.41, 5.74) is 1.38. The summed E-state index contributed by atoms with van der Waals surface area (Å²) in [5, 5.41) is 2.93. The van der Waals surface area contributed by atoms with Crippen molar-refractivity contribution in [2.45, 2.75) is 13.5 Å². The first-order chi connectivity index (χ1) is 13.3. The van der Waals surface area contributed by atoms with E-state index in [1.165, 1.54) is 22.7 Å². The van der Waals surface area contributed by atoms with Crippen molar-refractivity contribution in [1.29, 1.82) is 0 Å². The van der Waals surface area contributed by atoms with Crippen molar-refractivity contribution in [3.8, 4) is 5.75 Å². The van der Waals surface area contributed by atoms with Gasteiger partial charge in [-0.1, -0.05) is 6.07 Å². The topological polar surface area (TPSA) is 83.0 Å². The fourth-order valence-electron chi connectivity index (χ4n) is 2.89. The van der Waals surface area contributed by atoms with Crippen LogP contribution in [-0.2, 0) is 16.8 Å². The summed E-state index contributed by atoms with van der Waals surface area (Å²) in [6.07, 6.45) is 0. The number of rotatable bonds is 6. The summed E-state index contributed by atoms with van der Waals surface area (Å²) in [6.45, 7) is 3.57. The van der Waals surface area contributed by atoms with Crippen molar-refractivity contribution >= 4 is 27.5 Å². The summed E-state index contributed by atoms with van der Waals surface area (Å²) in [6, 6.07) is 7.04. The summed E-state index contributed by atoms with van der Waals surface area (Å²) in [5.74, 6) is 0.474. The van der Waals surface area contributed by atoms with Gasteiger partial charge in [0.2, 0.25) is 0 Å². The Bertz CT molecular complexity index is 935. The summed E-state index contributed by atoms with van der Waals surface area (Å²) >= 11 is 1.57. The maximum absolute atomic E-state index is 12.8. The van der Waals surface area contributed by atoms with E-state index in [9.17, 15) is 13.2 Å². The number of aromatic nitrogens is 1. The van der Waals surface area contributed by atoms with Crippen LogP contribution in [0, 0.1) is 6.92 Å². The first-order valence-electron chi connectivity index (χ1n) is 8.88. The summed E-state index contributed by atoms with van der Waals surface area (Å²) in [4.78, 5) is 18.8. The molecule has 1 saturated heterocycles. The van der Waals surface area contributed by atoms with E-state index >= 15 is 0 Å². The zero-order valence-corrected chi connectivity index (χ0v) is 17.8. The molecule has 0 atom stereocenters. The van der Waals surface area contributed by atoms with Crippen LogP contribution in [0.15, 0.2) is 29.6 Å². The van der Waals surface area contributed by atoms with Crippen molar-refractivity contribution in [3.63, 3.8) is 0 Å². The standard InChI is InChI=1S/C18H24N4O4S2/c1-14-19-16(13-27-14)12-26-17-6-4-5-15(11-17)18(23)21-7-9-22(10-8-21)28(24,25)20(2)3/h4-6,11,13H,7-10,12H2,1-3H3. The maximum Gasteiger partial charge on any atom is 0.281 e. The Hall–Kier alpha value is -2.01. The molecule has 2 heterocycles. The van der Waals surface area contributed by atoms with Crippen LogP contribution >= 0.6 is 11.3 Å². The number of hydrogen-bond acceptors (Lipinski definition) is 6. The minimum atomic E-state index is -3.45. The lowest BCUT2D eigenvalue weighted by molar-refractivity contribution is 0.0694. The Morgan fingerprint density at radius 3 is 2.57 bits per heavy atom. The van der Waals surface area contributed by atoms with Crippen molar-refractivity contribution < 1.29 is 17.9 Å². The third kappa shape index (κ3) is 4.69. The number of amides is 1. The number of piperazine rings is 1. The van der Waals surface area contributed by atoms with Crippen LogP contribution in [0.5, 0.6) is 5.75 Å². The minimum absolute atomic E-state index is 0.128. The molecule has 1 fully saturated rings. The van der Waals surface area contributed by atoms with Crippen molar-refractivity contribution in [3.05, 3.63) is 45.9 Å². The second kappa shape index (κ2) is 8.56. The van der Waals surface area contributed by atoms with E-state index in [2.05, 4.69) is 4.98 Å². The normalized spacial score (nSPS) is 15.8. The molecule has 1 aliphatic rings. The number of benzene rings is 1. The predicted octanol–water partition coefficient (Wildman–Crippen LogP) is 1.59. The van der Waals surface area contributed by atoms with Gasteiger partial charge in [-0.2, -0.15) is 17.0 Å². The van der Waals surface area contributed by atoms with Crippen LogP contribution in [0.4, 0.5) is 0 Å². The van der Waals surface area contributed by atoms with Crippen LogP contribution in [0.3, 0.4) is 0 Å². The molecule has 0 saturated carbocycles. The van der Waals surface area contributed by atoms with Gasteiger partial charge in [0, 0.05) is 51.2 Å². The molecule has 3 rings (SSSR count). The first-order valence-corrected chi connectivity index (χ1v) is 11.2. The highest BCUT2D eigenvalue weighted by Gasteiger charge is 2.30.